The standard InChI is InChI=1S/C16H14O3.2C2H6.2CH4O/c17-15(13-7-3-1-4-8-13)11-12-19-16(18)14-9-5-2-6-10-14;4*1-2/h1-10H,11-12H2;2*1-2H3;2*2H,1H3. The van der Waals surface area contributed by atoms with Crippen molar-refractivity contribution in [3.63, 3.8) is 0 Å². The molecule has 0 saturated heterocycles. The average molecular weight is 379 g/mol. The SMILES string of the molecule is CC.CC.CO.CO.O=C(CCOC(=O)c1ccccc1)c1ccccc1. The van der Waals surface area contributed by atoms with Crippen LogP contribution in [0.5, 0.6) is 0 Å². The molecule has 0 aromatic heterocycles. The van der Waals surface area contributed by atoms with Crippen molar-refractivity contribution in [1.29, 1.82) is 0 Å². The second-order valence-corrected chi connectivity index (χ2v) is 4.04. The van der Waals surface area contributed by atoms with E-state index in [2.05, 4.69) is 0 Å². The van der Waals surface area contributed by atoms with E-state index in [1.54, 1.807) is 36.4 Å². The first-order valence-electron chi connectivity index (χ1n) is 8.97. The van der Waals surface area contributed by atoms with E-state index in [1.807, 2.05) is 52.0 Å². The van der Waals surface area contributed by atoms with Gasteiger partial charge in [-0.3, -0.25) is 4.79 Å². The summed E-state index contributed by atoms with van der Waals surface area (Å²) >= 11 is 0. The number of aliphatic hydroxyl groups is 2. The number of rotatable bonds is 5. The highest BCUT2D eigenvalue weighted by atomic mass is 16.5. The average Bonchev–Trinajstić information content (AvgIpc) is 2.80. The molecule has 0 aliphatic heterocycles. The predicted molar refractivity (Wildman–Crippen MR) is 111 cm³/mol. The van der Waals surface area contributed by atoms with Crippen molar-refractivity contribution in [3.05, 3.63) is 71.8 Å². The highest BCUT2D eigenvalue weighted by molar-refractivity contribution is 5.96. The highest BCUT2D eigenvalue weighted by Crippen LogP contribution is 2.05. The van der Waals surface area contributed by atoms with Crippen molar-refractivity contribution in [1.82, 2.24) is 0 Å². The zero-order chi connectivity index (χ0) is 21.5. The summed E-state index contributed by atoms with van der Waals surface area (Å²) in [7, 11) is 2.00. The number of Topliss-reactive ketones (excluding diaryl/α,β-unsaturated/α-hetero) is 1. The van der Waals surface area contributed by atoms with Gasteiger partial charge in [0, 0.05) is 26.2 Å². The lowest BCUT2D eigenvalue weighted by atomic mass is 10.1. The summed E-state index contributed by atoms with van der Waals surface area (Å²) in [6.07, 6.45) is 0.197. The van der Waals surface area contributed by atoms with Gasteiger partial charge in [-0.25, -0.2) is 4.79 Å². The summed E-state index contributed by atoms with van der Waals surface area (Å²) in [6.45, 7) is 8.10. The fourth-order valence-electron chi connectivity index (χ4n) is 1.66. The Morgan fingerprint density at radius 1 is 0.704 bits per heavy atom. The molecule has 0 heterocycles. The summed E-state index contributed by atoms with van der Waals surface area (Å²) in [5.74, 6) is -0.428. The molecule has 0 amide bonds. The van der Waals surface area contributed by atoms with Crippen LogP contribution in [0.2, 0.25) is 0 Å². The molecule has 5 nitrogen and oxygen atoms in total. The molecule has 27 heavy (non-hydrogen) atoms. The number of ether oxygens (including phenoxy) is 1. The predicted octanol–water partition coefficient (Wildman–Crippen LogP) is 4.39. The van der Waals surface area contributed by atoms with Crippen LogP contribution in [0.3, 0.4) is 0 Å². The maximum Gasteiger partial charge on any atom is 0.338 e. The Morgan fingerprint density at radius 3 is 1.48 bits per heavy atom. The molecule has 0 radical (unpaired) electrons. The summed E-state index contributed by atoms with van der Waals surface area (Å²) in [4.78, 5) is 23.4. The third-order valence-corrected chi connectivity index (χ3v) is 2.67. The van der Waals surface area contributed by atoms with Gasteiger partial charge in [0.15, 0.2) is 5.78 Å². The van der Waals surface area contributed by atoms with Gasteiger partial charge in [0.05, 0.1) is 12.2 Å². The summed E-state index contributed by atoms with van der Waals surface area (Å²) in [5, 5.41) is 14.0. The number of aliphatic hydroxyl groups excluding tert-OH is 2. The van der Waals surface area contributed by atoms with E-state index in [1.165, 1.54) is 0 Å². The lowest BCUT2D eigenvalue weighted by Gasteiger charge is -2.04. The zero-order valence-electron chi connectivity index (χ0n) is 17.3. The largest absolute Gasteiger partial charge is 0.462 e. The van der Waals surface area contributed by atoms with Gasteiger partial charge in [-0.15, -0.1) is 0 Å². The van der Waals surface area contributed by atoms with Crippen LogP contribution in [0.1, 0.15) is 54.8 Å². The monoisotopic (exact) mass is 378 g/mol. The molecule has 0 aliphatic rings. The summed E-state index contributed by atoms with van der Waals surface area (Å²) in [5.41, 5.74) is 1.13. The van der Waals surface area contributed by atoms with Crippen LogP contribution < -0.4 is 0 Å². The number of ketones is 1. The van der Waals surface area contributed by atoms with Gasteiger partial charge in [0.25, 0.3) is 0 Å². The van der Waals surface area contributed by atoms with Crippen LogP contribution in [0.4, 0.5) is 0 Å². The third kappa shape index (κ3) is 14.4. The molecule has 0 unspecified atom stereocenters. The van der Waals surface area contributed by atoms with Crippen molar-refractivity contribution >= 4 is 11.8 Å². The molecular weight excluding hydrogens is 344 g/mol. The Labute approximate surface area is 163 Å². The Kier molecular flexibility index (Phi) is 25.5. The molecule has 0 aliphatic carbocycles. The minimum absolute atomic E-state index is 0.0264. The molecule has 2 N–H and O–H groups in total. The molecular formula is C22H34O5. The van der Waals surface area contributed by atoms with Crippen molar-refractivity contribution in [2.75, 3.05) is 20.8 Å². The van der Waals surface area contributed by atoms with E-state index >= 15 is 0 Å². The first kappa shape index (κ1) is 29.3. The smallest absolute Gasteiger partial charge is 0.338 e. The zero-order valence-corrected chi connectivity index (χ0v) is 17.3. The van der Waals surface area contributed by atoms with Gasteiger partial charge in [0.2, 0.25) is 0 Å². The minimum Gasteiger partial charge on any atom is -0.462 e. The number of benzene rings is 2. The number of esters is 1. The molecule has 0 fully saturated rings. The molecule has 2 rings (SSSR count). The van der Waals surface area contributed by atoms with Gasteiger partial charge < -0.3 is 14.9 Å². The normalized spacial score (nSPS) is 7.85. The van der Waals surface area contributed by atoms with Crippen LogP contribution in [0.25, 0.3) is 0 Å². The first-order chi connectivity index (χ1) is 13.3. The molecule has 152 valence electrons. The van der Waals surface area contributed by atoms with Gasteiger partial charge >= 0.3 is 5.97 Å². The fraction of sp³-hybridized carbons (Fsp3) is 0.364. The van der Waals surface area contributed by atoms with Crippen LogP contribution >= 0.6 is 0 Å². The molecule has 2 aromatic carbocycles. The Morgan fingerprint density at radius 2 is 1.07 bits per heavy atom. The molecule has 0 atom stereocenters. The molecule has 0 spiro atoms. The number of hydrogen-bond acceptors (Lipinski definition) is 5. The van der Waals surface area contributed by atoms with E-state index in [0.29, 0.717) is 11.1 Å². The van der Waals surface area contributed by atoms with E-state index < -0.39 is 5.97 Å². The lowest BCUT2D eigenvalue weighted by molar-refractivity contribution is 0.0496. The number of hydrogen-bond donors (Lipinski definition) is 2. The molecule has 2 aromatic rings. The van der Waals surface area contributed by atoms with Crippen molar-refractivity contribution < 1.29 is 24.5 Å². The quantitative estimate of drug-likeness (QED) is 0.596. The highest BCUT2D eigenvalue weighted by Gasteiger charge is 2.09. The summed E-state index contributed by atoms with van der Waals surface area (Å²) < 4.78 is 5.06. The maximum absolute atomic E-state index is 11.8. The minimum atomic E-state index is -0.401. The van der Waals surface area contributed by atoms with Crippen LogP contribution in [0.15, 0.2) is 60.7 Å². The van der Waals surface area contributed by atoms with Crippen molar-refractivity contribution in [2.24, 2.45) is 0 Å². The fourth-order valence-corrected chi connectivity index (χ4v) is 1.66. The van der Waals surface area contributed by atoms with Crippen molar-refractivity contribution in [2.45, 2.75) is 34.1 Å². The second-order valence-electron chi connectivity index (χ2n) is 4.04. The Bertz CT molecular complexity index is 502. The Balaban J connectivity index is -0.000000638. The van der Waals surface area contributed by atoms with E-state index in [4.69, 9.17) is 14.9 Å². The number of carbonyl (C=O) groups is 2. The van der Waals surface area contributed by atoms with Crippen LogP contribution in [-0.4, -0.2) is 42.8 Å². The van der Waals surface area contributed by atoms with E-state index in [0.717, 1.165) is 14.2 Å². The van der Waals surface area contributed by atoms with E-state index in [9.17, 15) is 9.59 Å². The summed E-state index contributed by atoms with van der Waals surface area (Å²) in [6, 6.07) is 17.7. The van der Waals surface area contributed by atoms with Gasteiger partial charge in [-0.1, -0.05) is 76.2 Å². The Hall–Kier alpha value is -2.50. The molecule has 0 saturated carbocycles. The van der Waals surface area contributed by atoms with Crippen molar-refractivity contribution in [3.8, 4) is 0 Å². The topological polar surface area (TPSA) is 83.8 Å². The first-order valence-corrected chi connectivity index (χ1v) is 8.97. The van der Waals surface area contributed by atoms with E-state index in [-0.39, 0.29) is 18.8 Å². The molecule has 5 heteroatoms. The van der Waals surface area contributed by atoms with Crippen LogP contribution in [-0.2, 0) is 4.74 Å². The lowest BCUT2D eigenvalue weighted by Crippen LogP contribution is -2.10. The van der Waals surface area contributed by atoms with Gasteiger partial charge in [0.1, 0.15) is 0 Å². The third-order valence-electron chi connectivity index (χ3n) is 2.67. The van der Waals surface area contributed by atoms with Gasteiger partial charge in [-0.2, -0.15) is 0 Å². The number of carbonyl (C=O) groups excluding carboxylic acids is 2. The van der Waals surface area contributed by atoms with Crippen LogP contribution in [0, 0.1) is 0 Å². The van der Waals surface area contributed by atoms with Gasteiger partial charge in [-0.05, 0) is 12.1 Å². The maximum atomic E-state index is 11.8. The second kappa shape index (κ2) is 23.5. The molecule has 0 bridgehead atoms.